The van der Waals surface area contributed by atoms with Gasteiger partial charge in [-0.05, 0) is 55.8 Å². The van der Waals surface area contributed by atoms with Gasteiger partial charge in [-0.2, -0.15) is 0 Å². The van der Waals surface area contributed by atoms with Gasteiger partial charge in [0.05, 0.1) is 17.6 Å². The van der Waals surface area contributed by atoms with E-state index in [2.05, 4.69) is 21.7 Å². The van der Waals surface area contributed by atoms with Crippen LogP contribution in [0.15, 0.2) is 11.4 Å². The fraction of sp³-hybridized carbons (Fsp3) is 0.750. The molecule has 0 saturated carbocycles. The van der Waals surface area contributed by atoms with Gasteiger partial charge in [-0.15, -0.1) is 11.3 Å². The number of fused-ring (bicyclic) bond motifs is 2. The van der Waals surface area contributed by atoms with Crippen LogP contribution in [-0.2, 0) is 26.3 Å². The third kappa shape index (κ3) is 2.82. The minimum atomic E-state index is -0.203. The molecule has 5 rings (SSSR count). The number of nitrogens with one attached hydrogen (secondary N) is 1. The van der Waals surface area contributed by atoms with E-state index in [0.29, 0.717) is 0 Å². The molecule has 1 unspecified atom stereocenters. The lowest BCUT2D eigenvalue weighted by Crippen LogP contribution is -2.48. The van der Waals surface area contributed by atoms with Gasteiger partial charge in [0.15, 0.2) is 0 Å². The minimum Gasteiger partial charge on any atom is -0.461 e. The summed E-state index contributed by atoms with van der Waals surface area (Å²) in [4.78, 5) is 16.5. The number of nitrogens with zero attached hydrogens (tertiary/aromatic N) is 1. The highest BCUT2D eigenvalue weighted by Gasteiger charge is 2.50. The maximum atomic E-state index is 12.5. The lowest BCUT2D eigenvalue weighted by atomic mass is 9.76. The Morgan fingerprint density at radius 2 is 2.04 bits per heavy atom. The van der Waals surface area contributed by atoms with Crippen molar-refractivity contribution in [3.63, 3.8) is 0 Å². The molecule has 6 heteroatoms. The first-order valence-electron chi connectivity index (χ1n) is 10.0. The molecule has 1 aromatic rings. The van der Waals surface area contributed by atoms with E-state index in [1.807, 2.05) is 11.3 Å². The van der Waals surface area contributed by atoms with E-state index in [9.17, 15) is 4.79 Å². The molecule has 4 aliphatic rings. The van der Waals surface area contributed by atoms with Crippen LogP contribution in [0.3, 0.4) is 0 Å². The number of thiophene rings is 1. The number of ether oxygens (including phenoxy) is 2. The number of carbonyl (C=O) groups excluding carboxylic acids is 1. The van der Waals surface area contributed by atoms with E-state index < -0.39 is 0 Å². The van der Waals surface area contributed by atoms with E-state index in [1.165, 1.54) is 10.4 Å². The Balaban J connectivity index is 1.21. The van der Waals surface area contributed by atoms with Crippen molar-refractivity contribution in [3.8, 4) is 0 Å². The summed E-state index contributed by atoms with van der Waals surface area (Å²) in [7, 11) is 0. The normalized spacial score (nSPS) is 30.5. The van der Waals surface area contributed by atoms with Crippen LogP contribution in [0.2, 0.25) is 0 Å². The minimum absolute atomic E-state index is 0.0519. The first-order chi connectivity index (χ1) is 12.7. The van der Waals surface area contributed by atoms with Crippen molar-refractivity contribution in [3.05, 3.63) is 21.9 Å². The summed E-state index contributed by atoms with van der Waals surface area (Å²) in [5.41, 5.74) is 1.17. The average Bonchev–Trinajstić information content (AvgIpc) is 3.25. The maximum absolute atomic E-state index is 12.5. The van der Waals surface area contributed by atoms with Gasteiger partial charge in [0, 0.05) is 37.4 Å². The number of piperidine rings is 2. The molecule has 3 saturated heterocycles. The highest BCUT2D eigenvalue weighted by atomic mass is 32.1. The molecular weight excluding hydrogens is 348 g/mol. The molecular formula is C20H28N2O3S. The molecule has 0 bridgehead atoms. The topological polar surface area (TPSA) is 50.8 Å². The summed E-state index contributed by atoms with van der Waals surface area (Å²) in [6.45, 7) is 5.66. The van der Waals surface area contributed by atoms with Crippen molar-refractivity contribution in [1.29, 1.82) is 0 Å². The third-order valence-corrected chi connectivity index (χ3v) is 7.94. The molecule has 26 heavy (non-hydrogen) atoms. The molecule has 5 nitrogen and oxygen atoms in total. The SMILES string of the molecule is O=C1OC(CN2CCC3(CC2)OCCc2sccc23)CC12CCNCC2. The van der Waals surface area contributed by atoms with Gasteiger partial charge in [0.1, 0.15) is 6.10 Å². The van der Waals surface area contributed by atoms with Crippen LogP contribution in [-0.4, -0.2) is 56.3 Å². The maximum Gasteiger partial charge on any atom is 0.312 e. The number of rotatable bonds is 2. The molecule has 0 aliphatic carbocycles. The van der Waals surface area contributed by atoms with Gasteiger partial charge in [-0.25, -0.2) is 0 Å². The molecule has 3 fully saturated rings. The van der Waals surface area contributed by atoms with Crippen LogP contribution in [0, 0.1) is 5.41 Å². The number of hydrogen-bond acceptors (Lipinski definition) is 6. The molecule has 1 N–H and O–H groups in total. The Kier molecular flexibility index (Phi) is 4.35. The summed E-state index contributed by atoms with van der Waals surface area (Å²) in [6, 6.07) is 2.27. The van der Waals surface area contributed by atoms with Crippen LogP contribution in [0.4, 0.5) is 0 Å². The Morgan fingerprint density at radius 1 is 1.23 bits per heavy atom. The number of carbonyl (C=O) groups is 1. The first kappa shape index (κ1) is 17.2. The molecule has 1 aromatic heterocycles. The second-order valence-corrected chi connectivity index (χ2v) is 9.41. The highest BCUT2D eigenvalue weighted by Crippen LogP contribution is 2.45. The van der Waals surface area contributed by atoms with E-state index in [1.54, 1.807) is 0 Å². The molecule has 2 spiro atoms. The molecule has 0 amide bonds. The van der Waals surface area contributed by atoms with E-state index in [-0.39, 0.29) is 23.1 Å². The summed E-state index contributed by atoms with van der Waals surface area (Å²) < 4.78 is 12.1. The first-order valence-corrected chi connectivity index (χ1v) is 10.9. The molecule has 1 atom stereocenters. The smallest absolute Gasteiger partial charge is 0.312 e. The van der Waals surface area contributed by atoms with Crippen LogP contribution in [0.25, 0.3) is 0 Å². The highest BCUT2D eigenvalue weighted by molar-refractivity contribution is 7.10. The van der Waals surface area contributed by atoms with Gasteiger partial charge in [-0.1, -0.05) is 0 Å². The van der Waals surface area contributed by atoms with Gasteiger partial charge in [0.25, 0.3) is 0 Å². The van der Waals surface area contributed by atoms with Crippen molar-refractivity contribution in [2.24, 2.45) is 5.41 Å². The number of esters is 1. The van der Waals surface area contributed by atoms with Crippen molar-refractivity contribution < 1.29 is 14.3 Å². The predicted octanol–water partition coefficient (Wildman–Crippen LogP) is 2.30. The lowest BCUT2D eigenvalue weighted by molar-refractivity contribution is -0.150. The fourth-order valence-corrected chi connectivity index (χ4v) is 6.36. The van der Waals surface area contributed by atoms with Crippen LogP contribution < -0.4 is 5.32 Å². The van der Waals surface area contributed by atoms with Gasteiger partial charge in [-0.3, -0.25) is 9.69 Å². The Bertz CT molecular complexity index is 674. The number of likely N-dealkylation sites (tertiary alicyclic amines) is 1. The summed E-state index contributed by atoms with van der Waals surface area (Å²) in [6.07, 6.45) is 5.99. The van der Waals surface area contributed by atoms with Crippen molar-refractivity contribution in [2.75, 3.05) is 39.3 Å². The zero-order chi connectivity index (χ0) is 17.6. The average molecular weight is 377 g/mol. The fourth-order valence-electron chi connectivity index (χ4n) is 5.41. The van der Waals surface area contributed by atoms with Gasteiger partial charge < -0.3 is 14.8 Å². The van der Waals surface area contributed by atoms with Gasteiger partial charge >= 0.3 is 5.97 Å². The molecule has 142 valence electrons. The van der Waals surface area contributed by atoms with E-state index in [4.69, 9.17) is 9.47 Å². The zero-order valence-electron chi connectivity index (χ0n) is 15.3. The zero-order valence-corrected chi connectivity index (χ0v) is 16.1. The molecule has 4 aliphatic heterocycles. The lowest BCUT2D eigenvalue weighted by Gasteiger charge is -2.44. The number of cyclic esters (lactones) is 1. The van der Waals surface area contributed by atoms with Crippen molar-refractivity contribution in [1.82, 2.24) is 10.2 Å². The molecule has 0 radical (unpaired) electrons. The van der Waals surface area contributed by atoms with Crippen molar-refractivity contribution in [2.45, 2.75) is 50.2 Å². The van der Waals surface area contributed by atoms with Crippen molar-refractivity contribution >= 4 is 17.3 Å². The van der Waals surface area contributed by atoms with Crippen LogP contribution in [0.5, 0.6) is 0 Å². The number of hydrogen-bond donors (Lipinski definition) is 1. The predicted molar refractivity (Wildman–Crippen MR) is 100 cm³/mol. The summed E-state index contributed by atoms with van der Waals surface area (Å²) in [5.74, 6) is 0.0519. The standard InChI is InChI=1S/C20H28N2O3S/c23-18-19(3-7-21-8-4-19)13-15(25-18)14-22-9-5-20(6-10-22)16-2-12-26-17(16)1-11-24-20/h2,12,15,21H,1,3-11,13-14H2. The third-order valence-electron chi connectivity index (χ3n) is 6.96. The monoisotopic (exact) mass is 376 g/mol. The Labute approximate surface area is 159 Å². The largest absolute Gasteiger partial charge is 0.461 e. The molecule has 0 aromatic carbocycles. The summed E-state index contributed by atoms with van der Waals surface area (Å²) >= 11 is 1.88. The van der Waals surface area contributed by atoms with E-state index >= 15 is 0 Å². The van der Waals surface area contributed by atoms with Crippen LogP contribution in [0.1, 0.15) is 42.5 Å². The van der Waals surface area contributed by atoms with Gasteiger partial charge in [0.2, 0.25) is 0 Å². The Hall–Kier alpha value is -0.950. The van der Waals surface area contributed by atoms with Crippen LogP contribution >= 0.6 is 11.3 Å². The molecule has 5 heterocycles. The quantitative estimate of drug-likeness (QED) is 0.803. The Morgan fingerprint density at radius 3 is 2.85 bits per heavy atom. The second-order valence-electron chi connectivity index (χ2n) is 8.41. The summed E-state index contributed by atoms with van der Waals surface area (Å²) in [5, 5.41) is 5.57. The second kappa shape index (κ2) is 6.59. The van der Waals surface area contributed by atoms with E-state index in [0.717, 1.165) is 77.9 Å².